The van der Waals surface area contributed by atoms with E-state index in [9.17, 15) is 4.79 Å². The first-order chi connectivity index (χ1) is 10.7. The van der Waals surface area contributed by atoms with Crippen molar-refractivity contribution < 1.29 is 14.3 Å². The van der Waals surface area contributed by atoms with Gasteiger partial charge in [-0.2, -0.15) is 0 Å². The third-order valence-electron chi connectivity index (χ3n) is 3.88. The standard InChI is InChI=1S/C16H25N3O3/c1-21-8-9-22-15-6-2-4-13(10-15)11-19-7-3-5-14(12-19)16(20)18-17/h2,4,6,10,14H,3,5,7-9,11-12,17H2,1H3,(H,18,20). The molecule has 0 aliphatic carbocycles. The van der Waals surface area contributed by atoms with Gasteiger partial charge in [-0.1, -0.05) is 12.1 Å². The molecule has 1 aromatic carbocycles. The highest BCUT2D eigenvalue weighted by molar-refractivity contribution is 5.78. The molecule has 1 fully saturated rings. The number of methoxy groups -OCH3 is 1. The van der Waals surface area contributed by atoms with Crippen LogP contribution in [0.5, 0.6) is 5.75 Å². The van der Waals surface area contributed by atoms with Gasteiger partial charge < -0.3 is 9.47 Å². The number of nitrogens with two attached hydrogens (primary N) is 1. The number of likely N-dealkylation sites (tertiary alicyclic amines) is 1. The Kier molecular flexibility index (Phi) is 6.64. The van der Waals surface area contributed by atoms with Gasteiger partial charge >= 0.3 is 0 Å². The van der Waals surface area contributed by atoms with E-state index in [4.69, 9.17) is 15.3 Å². The Labute approximate surface area is 131 Å². The summed E-state index contributed by atoms with van der Waals surface area (Å²) in [5, 5.41) is 0. The lowest BCUT2D eigenvalue weighted by Crippen LogP contribution is -2.44. The normalized spacial score (nSPS) is 18.9. The van der Waals surface area contributed by atoms with Crippen LogP contribution in [0.1, 0.15) is 18.4 Å². The van der Waals surface area contributed by atoms with E-state index >= 15 is 0 Å². The minimum Gasteiger partial charge on any atom is -0.491 e. The number of ether oxygens (including phenoxy) is 2. The smallest absolute Gasteiger partial charge is 0.238 e. The number of benzene rings is 1. The molecule has 6 heteroatoms. The molecular weight excluding hydrogens is 282 g/mol. The summed E-state index contributed by atoms with van der Waals surface area (Å²) in [4.78, 5) is 14.0. The molecule has 0 radical (unpaired) electrons. The molecule has 0 bridgehead atoms. The Morgan fingerprint density at radius 1 is 1.45 bits per heavy atom. The van der Waals surface area contributed by atoms with Crippen molar-refractivity contribution in [3.05, 3.63) is 29.8 Å². The van der Waals surface area contributed by atoms with Crippen LogP contribution in [0.25, 0.3) is 0 Å². The zero-order valence-electron chi connectivity index (χ0n) is 13.1. The Morgan fingerprint density at radius 2 is 2.32 bits per heavy atom. The quantitative estimate of drug-likeness (QED) is 0.339. The van der Waals surface area contributed by atoms with Crippen molar-refractivity contribution in [3.8, 4) is 5.75 Å². The summed E-state index contributed by atoms with van der Waals surface area (Å²) in [5.41, 5.74) is 3.44. The first-order valence-electron chi connectivity index (χ1n) is 7.66. The molecule has 0 saturated carbocycles. The van der Waals surface area contributed by atoms with Crippen molar-refractivity contribution in [2.24, 2.45) is 11.8 Å². The minimum absolute atomic E-state index is 0.0140. The van der Waals surface area contributed by atoms with Gasteiger partial charge in [0.05, 0.1) is 12.5 Å². The van der Waals surface area contributed by atoms with Gasteiger partial charge in [0, 0.05) is 20.2 Å². The number of nitrogens with zero attached hydrogens (tertiary/aromatic N) is 1. The zero-order chi connectivity index (χ0) is 15.8. The fourth-order valence-electron chi connectivity index (χ4n) is 2.77. The predicted molar refractivity (Wildman–Crippen MR) is 84.1 cm³/mol. The van der Waals surface area contributed by atoms with E-state index < -0.39 is 0 Å². The summed E-state index contributed by atoms with van der Waals surface area (Å²) in [7, 11) is 1.66. The topological polar surface area (TPSA) is 76.8 Å². The highest BCUT2D eigenvalue weighted by Crippen LogP contribution is 2.20. The second-order valence-corrected chi connectivity index (χ2v) is 5.57. The number of hydrogen-bond donors (Lipinski definition) is 2. The van der Waals surface area contributed by atoms with Crippen LogP contribution in [0.3, 0.4) is 0 Å². The number of hydrogen-bond acceptors (Lipinski definition) is 5. The van der Waals surface area contributed by atoms with Crippen LogP contribution in [-0.4, -0.2) is 44.2 Å². The Morgan fingerprint density at radius 3 is 3.09 bits per heavy atom. The lowest BCUT2D eigenvalue weighted by molar-refractivity contribution is -0.126. The van der Waals surface area contributed by atoms with Gasteiger partial charge in [-0.15, -0.1) is 0 Å². The zero-order valence-corrected chi connectivity index (χ0v) is 13.1. The molecule has 3 N–H and O–H groups in total. The molecular formula is C16H25N3O3. The Hall–Kier alpha value is -1.63. The maximum atomic E-state index is 11.7. The van der Waals surface area contributed by atoms with Crippen molar-refractivity contribution in [1.29, 1.82) is 0 Å². The summed E-state index contributed by atoms with van der Waals surface area (Å²) in [6.45, 7) is 3.69. The maximum absolute atomic E-state index is 11.7. The minimum atomic E-state index is -0.0682. The van der Waals surface area contributed by atoms with E-state index in [-0.39, 0.29) is 11.8 Å². The van der Waals surface area contributed by atoms with Gasteiger partial charge in [0.2, 0.25) is 5.91 Å². The van der Waals surface area contributed by atoms with E-state index in [1.54, 1.807) is 7.11 Å². The largest absolute Gasteiger partial charge is 0.491 e. The number of carbonyl (C=O) groups excluding carboxylic acids is 1. The van der Waals surface area contributed by atoms with Crippen molar-refractivity contribution in [2.45, 2.75) is 19.4 Å². The molecule has 1 saturated heterocycles. The van der Waals surface area contributed by atoms with E-state index in [0.717, 1.165) is 38.2 Å². The highest BCUT2D eigenvalue weighted by atomic mass is 16.5. The summed E-state index contributed by atoms with van der Waals surface area (Å²) in [6, 6.07) is 8.06. The molecule has 22 heavy (non-hydrogen) atoms. The van der Waals surface area contributed by atoms with E-state index in [1.807, 2.05) is 18.2 Å². The van der Waals surface area contributed by atoms with Gasteiger partial charge in [-0.25, -0.2) is 5.84 Å². The van der Waals surface area contributed by atoms with Crippen LogP contribution in [0.2, 0.25) is 0 Å². The molecule has 2 rings (SSSR count). The Balaban J connectivity index is 1.89. The van der Waals surface area contributed by atoms with Crippen molar-refractivity contribution in [2.75, 3.05) is 33.4 Å². The first-order valence-corrected chi connectivity index (χ1v) is 7.66. The Bertz CT molecular complexity index is 481. The molecule has 1 amide bonds. The number of rotatable bonds is 7. The lowest BCUT2D eigenvalue weighted by Gasteiger charge is -2.31. The van der Waals surface area contributed by atoms with Crippen LogP contribution >= 0.6 is 0 Å². The summed E-state index contributed by atoms with van der Waals surface area (Å²) in [6.07, 6.45) is 1.92. The molecule has 1 unspecified atom stereocenters. The third-order valence-corrected chi connectivity index (χ3v) is 3.88. The number of amides is 1. The fourth-order valence-corrected chi connectivity index (χ4v) is 2.77. The molecule has 1 aliphatic heterocycles. The first kappa shape index (κ1) is 16.7. The average Bonchev–Trinajstić information content (AvgIpc) is 2.55. The molecule has 122 valence electrons. The fraction of sp³-hybridized carbons (Fsp3) is 0.562. The summed E-state index contributed by atoms with van der Waals surface area (Å²) >= 11 is 0. The lowest BCUT2D eigenvalue weighted by atomic mass is 9.97. The number of piperidine rings is 1. The monoisotopic (exact) mass is 307 g/mol. The average molecular weight is 307 g/mol. The molecule has 6 nitrogen and oxygen atoms in total. The number of hydrazine groups is 1. The van der Waals surface area contributed by atoms with E-state index in [1.165, 1.54) is 5.56 Å². The van der Waals surface area contributed by atoms with Crippen molar-refractivity contribution in [3.63, 3.8) is 0 Å². The molecule has 0 spiro atoms. The third kappa shape index (κ3) is 4.98. The molecule has 1 aliphatic rings. The van der Waals surface area contributed by atoms with E-state index in [2.05, 4.69) is 16.4 Å². The molecule has 1 aromatic rings. The van der Waals surface area contributed by atoms with E-state index in [0.29, 0.717) is 13.2 Å². The molecule has 1 heterocycles. The van der Waals surface area contributed by atoms with Gasteiger partial charge in [0.1, 0.15) is 12.4 Å². The van der Waals surface area contributed by atoms with Gasteiger partial charge in [-0.05, 0) is 37.1 Å². The van der Waals surface area contributed by atoms with Gasteiger partial charge in [-0.3, -0.25) is 15.1 Å². The van der Waals surface area contributed by atoms with Gasteiger partial charge in [0.25, 0.3) is 0 Å². The number of nitrogens with one attached hydrogen (secondary N) is 1. The van der Waals surface area contributed by atoms with Crippen molar-refractivity contribution in [1.82, 2.24) is 10.3 Å². The molecule has 1 atom stereocenters. The van der Waals surface area contributed by atoms with Crippen LogP contribution in [0, 0.1) is 5.92 Å². The molecule has 0 aromatic heterocycles. The summed E-state index contributed by atoms with van der Waals surface area (Å²) in [5.74, 6) is 6.00. The predicted octanol–water partition coefficient (Wildman–Crippen LogP) is 0.914. The second-order valence-electron chi connectivity index (χ2n) is 5.57. The highest BCUT2D eigenvalue weighted by Gasteiger charge is 2.25. The maximum Gasteiger partial charge on any atom is 0.238 e. The SMILES string of the molecule is COCCOc1cccc(CN2CCCC(C(=O)NN)C2)c1. The second kappa shape index (κ2) is 8.73. The summed E-state index contributed by atoms with van der Waals surface area (Å²) < 4.78 is 10.6. The van der Waals surface area contributed by atoms with Crippen molar-refractivity contribution >= 4 is 5.91 Å². The van der Waals surface area contributed by atoms with Crippen LogP contribution in [-0.2, 0) is 16.1 Å². The van der Waals surface area contributed by atoms with Crippen LogP contribution in [0.15, 0.2) is 24.3 Å². The van der Waals surface area contributed by atoms with Crippen LogP contribution in [0.4, 0.5) is 0 Å². The van der Waals surface area contributed by atoms with Crippen LogP contribution < -0.4 is 16.0 Å². The van der Waals surface area contributed by atoms with Gasteiger partial charge in [0.15, 0.2) is 0 Å². The number of carbonyl (C=O) groups is 1.